The summed E-state index contributed by atoms with van der Waals surface area (Å²) in [5.74, 6) is 1.38. The molecule has 0 aliphatic carbocycles. The van der Waals surface area contributed by atoms with E-state index in [0.29, 0.717) is 16.0 Å². The second kappa shape index (κ2) is 7.84. The van der Waals surface area contributed by atoms with Crippen LogP contribution in [0.25, 0.3) is 0 Å². The van der Waals surface area contributed by atoms with Gasteiger partial charge in [-0.1, -0.05) is 56.3 Å². The van der Waals surface area contributed by atoms with Crippen molar-refractivity contribution < 1.29 is 4.74 Å². The van der Waals surface area contributed by atoms with Crippen LogP contribution in [0.15, 0.2) is 18.2 Å². The van der Waals surface area contributed by atoms with Crippen LogP contribution in [0.2, 0.25) is 10.0 Å². The first-order chi connectivity index (χ1) is 8.15. The molecule has 0 aromatic heterocycles. The fourth-order valence-corrected chi connectivity index (χ4v) is 2.23. The zero-order chi connectivity index (χ0) is 12.7. The Morgan fingerprint density at radius 2 is 1.76 bits per heavy atom. The smallest absolute Gasteiger partial charge is 0.122 e. The quantitative estimate of drug-likeness (QED) is 0.630. The lowest BCUT2D eigenvalue weighted by molar-refractivity contribution is 0.233. The zero-order valence-electron chi connectivity index (χ0n) is 10.5. The van der Waals surface area contributed by atoms with Crippen LogP contribution in [-0.4, -0.2) is 6.61 Å². The van der Waals surface area contributed by atoms with Crippen LogP contribution in [0, 0.1) is 5.92 Å². The molecular weight excluding hydrogens is 255 g/mol. The van der Waals surface area contributed by atoms with Crippen molar-refractivity contribution in [1.82, 2.24) is 0 Å². The van der Waals surface area contributed by atoms with Gasteiger partial charge in [0.2, 0.25) is 0 Å². The molecule has 1 atom stereocenters. The van der Waals surface area contributed by atoms with E-state index in [9.17, 15) is 0 Å². The van der Waals surface area contributed by atoms with Crippen molar-refractivity contribution in [3.8, 4) is 5.75 Å². The molecule has 0 fully saturated rings. The van der Waals surface area contributed by atoms with E-state index in [2.05, 4.69) is 13.8 Å². The van der Waals surface area contributed by atoms with Gasteiger partial charge >= 0.3 is 0 Å². The van der Waals surface area contributed by atoms with Crippen LogP contribution >= 0.6 is 23.2 Å². The maximum absolute atomic E-state index is 5.92. The highest BCUT2D eigenvalue weighted by atomic mass is 35.5. The lowest BCUT2D eigenvalue weighted by atomic mass is 10.0. The third-order valence-corrected chi connectivity index (χ3v) is 3.30. The number of hydrogen-bond acceptors (Lipinski definition) is 1. The molecule has 1 aromatic carbocycles. The Balaban J connectivity index is 2.47. The highest BCUT2D eigenvalue weighted by Crippen LogP contribution is 2.25. The number of halogens is 2. The van der Waals surface area contributed by atoms with Crippen molar-refractivity contribution in [2.24, 2.45) is 5.92 Å². The second-order valence-electron chi connectivity index (χ2n) is 4.33. The number of unbranched alkanes of at least 4 members (excludes halogenated alkanes) is 1. The monoisotopic (exact) mass is 274 g/mol. The van der Waals surface area contributed by atoms with Gasteiger partial charge < -0.3 is 4.74 Å². The van der Waals surface area contributed by atoms with E-state index >= 15 is 0 Å². The molecule has 0 saturated heterocycles. The highest BCUT2D eigenvalue weighted by molar-refractivity contribution is 6.34. The van der Waals surface area contributed by atoms with Crippen LogP contribution in [0.4, 0.5) is 0 Å². The largest absolute Gasteiger partial charge is 0.493 e. The van der Waals surface area contributed by atoms with Crippen LogP contribution in [0.5, 0.6) is 5.75 Å². The Hall–Kier alpha value is -0.400. The number of ether oxygens (including phenoxy) is 1. The second-order valence-corrected chi connectivity index (χ2v) is 5.21. The summed E-state index contributed by atoms with van der Waals surface area (Å²) >= 11 is 11.8. The minimum Gasteiger partial charge on any atom is -0.493 e. The zero-order valence-corrected chi connectivity index (χ0v) is 12.0. The average molecular weight is 275 g/mol. The van der Waals surface area contributed by atoms with Crippen molar-refractivity contribution in [2.45, 2.75) is 39.5 Å². The van der Waals surface area contributed by atoms with Gasteiger partial charge in [-0.3, -0.25) is 0 Å². The SMILES string of the molecule is CCCCC(CC)COc1cc(Cl)cc(Cl)c1. The third-order valence-electron chi connectivity index (χ3n) is 2.87. The van der Waals surface area contributed by atoms with E-state index in [-0.39, 0.29) is 0 Å². The van der Waals surface area contributed by atoms with Gasteiger partial charge in [0.05, 0.1) is 6.61 Å². The van der Waals surface area contributed by atoms with E-state index in [1.165, 1.54) is 19.3 Å². The van der Waals surface area contributed by atoms with E-state index in [0.717, 1.165) is 18.8 Å². The van der Waals surface area contributed by atoms with Gasteiger partial charge in [-0.15, -0.1) is 0 Å². The molecular formula is C14H20Cl2O. The molecule has 0 radical (unpaired) electrons. The van der Waals surface area contributed by atoms with Gasteiger partial charge in [0.25, 0.3) is 0 Å². The number of rotatable bonds is 7. The molecule has 0 aliphatic heterocycles. The fraction of sp³-hybridized carbons (Fsp3) is 0.571. The molecule has 0 aliphatic rings. The minimum atomic E-state index is 0.618. The average Bonchev–Trinajstić information content (AvgIpc) is 2.28. The standard InChI is InChI=1S/C14H20Cl2O/c1-3-5-6-11(4-2)10-17-14-8-12(15)7-13(16)9-14/h7-9,11H,3-6,10H2,1-2H3. The molecule has 17 heavy (non-hydrogen) atoms. The van der Waals surface area contributed by atoms with Crippen LogP contribution in [0.1, 0.15) is 39.5 Å². The molecule has 3 heteroatoms. The molecule has 0 amide bonds. The Kier molecular flexibility index (Phi) is 6.76. The molecule has 0 N–H and O–H groups in total. The summed E-state index contributed by atoms with van der Waals surface area (Å²) in [5.41, 5.74) is 0. The summed E-state index contributed by atoms with van der Waals surface area (Å²) in [4.78, 5) is 0. The van der Waals surface area contributed by atoms with Gasteiger partial charge in [0, 0.05) is 10.0 Å². The predicted octanol–water partition coefficient (Wildman–Crippen LogP) is 5.59. The van der Waals surface area contributed by atoms with Crippen molar-refractivity contribution in [1.29, 1.82) is 0 Å². The molecule has 1 rings (SSSR count). The van der Waals surface area contributed by atoms with Gasteiger partial charge in [-0.25, -0.2) is 0 Å². The summed E-state index contributed by atoms with van der Waals surface area (Å²) in [7, 11) is 0. The summed E-state index contributed by atoms with van der Waals surface area (Å²) in [5, 5.41) is 1.24. The summed E-state index contributed by atoms with van der Waals surface area (Å²) in [6.07, 6.45) is 4.87. The van der Waals surface area contributed by atoms with Gasteiger partial charge in [-0.05, 0) is 30.5 Å². The van der Waals surface area contributed by atoms with Gasteiger partial charge in [0.1, 0.15) is 5.75 Å². The summed E-state index contributed by atoms with van der Waals surface area (Å²) in [6.45, 7) is 5.16. The highest BCUT2D eigenvalue weighted by Gasteiger charge is 2.07. The Labute approximate surface area is 114 Å². The lowest BCUT2D eigenvalue weighted by Gasteiger charge is -2.15. The Bertz CT molecular complexity index is 319. The molecule has 0 heterocycles. The van der Waals surface area contributed by atoms with Crippen LogP contribution in [0.3, 0.4) is 0 Å². The minimum absolute atomic E-state index is 0.618. The van der Waals surface area contributed by atoms with Crippen LogP contribution in [-0.2, 0) is 0 Å². The van der Waals surface area contributed by atoms with E-state index < -0.39 is 0 Å². The Morgan fingerprint density at radius 1 is 1.12 bits per heavy atom. The van der Waals surface area contributed by atoms with Gasteiger partial charge in [0.15, 0.2) is 0 Å². The van der Waals surface area contributed by atoms with E-state index in [1.54, 1.807) is 18.2 Å². The maximum Gasteiger partial charge on any atom is 0.122 e. The third kappa shape index (κ3) is 5.65. The van der Waals surface area contributed by atoms with Crippen LogP contribution < -0.4 is 4.74 Å². The molecule has 0 bridgehead atoms. The van der Waals surface area contributed by atoms with Crippen molar-refractivity contribution in [2.75, 3.05) is 6.61 Å². The molecule has 1 nitrogen and oxygen atoms in total. The van der Waals surface area contributed by atoms with Crippen molar-refractivity contribution >= 4 is 23.2 Å². The van der Waals surface area contributed by atoms with Crippen molar-refractivity contribution in [3.63, 3.8) is 0 Å². The number of benzene rings is 1. The number of hydrogen-bond donors (Lipinski definition) is 0. The molecule has 0 spiro atoms. The normalized spacial score (nSPS) is 12.5. The van der Waals surface area contributed by atoms with Gasteiger partial charge in [-0.2, -0.15) is 0 Å². The Morgan fingerprint density at radius 3 is 2.29 bits per heavy atom. The fourth-order valence-electron chi connectivity index (χ4n) is 1.72. The summed E-state index contributed by atoms with van der Waals surface area (Å²) in [6, 6.07) is 5.32. The van der Waals surface area contributed by atoms with E-state index in [4.69, 9.17) is 27.9 Å². The first-order valence-electron chi connectivity index (χ1n) is 6.24. The summed E-state index contributed by atoms with van der Waals surface area (Å²) < 4.78 is 5.75. The van der Waals surface area contributed by atoms with Crippen molar-refractivity contribution in [3.05, 3.63) is 28.2 Å². The molecule has 1 aromatic rings. The first-order valence-corrected chi connectivity index (χ1v) is 7.00. The molecule has 1 unspecified atom stereocenters. The first kappa shape index (κ1) is 14.7. The molecule has 96 valence electrons. The topological polar surface area (TPSA) is 9.23 Å². The maximum atomic E-state index is 5.92. The lowest BCUT2D eigenvalue weighted by Crippen LogP contribution is -2.11. The molecule has 0 saturated carbocycles. The predicted molar refractivity (Wildman–Crippen MR) is 75.3 cm³/mol. The van der Waals surface area contributed by atoms with E-state index in [1.807, 2.05) is 0 Å².